The van der Waals surface area contributed by atoms with Gasteiger partial charge in [-0.05, 0) is 54.1 Å². The van der Waals surface area contributed by atoms with Crippen LogP contribution in [0, 0.1) is 0 Å². The Labute approximate surface area is 210 Å². The van der Waals surface area contributed by atoms with Crippen LogP contribution < -0.4 is 15.5 Å². The van der Waals surface area contributed by atoms with E-state index in [2.05, 4.69) is 56.1 Å². The molecule has 11 nitrogen and oxygen atoms in total. The van der Waals surface area contributed by atoms with Gasteiger partial charge in [0.2, 0.25) is 11.9 Å². The standard InChI is InChI=1S/C25H33N11/c1-17(2)20-16-28-36-21(20)29-24(35-13-10-25(11-14-35)9-6-12-27-25)30-23(36)26-15-18-7-4-5-8-19(18)22-31-32-33-34(22)3/h4-5,7-8,16-17,27H,6,9-15H2,1-3H3,(H,26,29,30). The van der Waals surface area contributed by atoms with Gasteiger partial charge in [-0.15, -0.1) is 5.10 Å². The summed E-state index contributed by atoms with van der Waals surface area (Å²) in [5, 5.41) is 23.9. The van der Waals surface area contributed by atoms with Gasteiger partial charge in [0.25, 0.3) is 0 Å². The molecule has 2 fully saturated rings. The molecule has 4 aromatic rings. The van der Waals surface area contributed by atoms with E-state index in [0.717, 1.165) is 66.6 Å². The maximum Gasteiger partial charge on any atom is 0.230 e. The van der Waals surface area contributed by atoms with Crippen molar-refractivity contribution in [1.29, 1.82) is 0 Å². The molecule has 5 heterocycles. The minimum atomic E-state index is 0.305. The third-order valence-electron chi connectivity index (χ3n) is 7.66. The first-order chi connectivity index (χ1) is 17.5. The van der Waals surface area contributed by atoms with Crippen molar-refractivity contribution < 1.29 is 0 Å². The Balaban J connectivity index is 1.32. The van der Waals surface area contributed by atoms with E-state index in [4.69, 9.17) is 9.97 Å². The van der Waals surface area contributed by atoms with Crippen molar-refractivity contribution in [3.8, 4) is 11.4 Å². The van der Waals surface area contributed by atoms with Crippen LogP contribution in [0.15, 0.2) is 30.5 Å². The van der Waals surface area contributed by atoms with Crippen molar-refractivity contribution in [3.63, 3.8) is 0 Å². The second-order valence-corrected chi connectivity index (χ2v) is 10.3. The lowest BCUT2D eigenvalue weighted by Gasteiger charge is -2.39. The van der Waals surface area contributed by atoms with Crippen LogP contribution in [0.5, 0.6) is 0 Å². The predicted octanol–water partition coefficient (Wildman–Crippen LogP) is 2.77. The number of hydrogen-bond acceptors (Lipinski definition) is 9. The summed E-state index contributed by atoms with van der Waals surface area (Å²) < 4.78 is 3.51. The van der Waals surface area contributed by atoms with Crippen LogP contribution in [0.1, 0.15) is 56.6 Å². The molecule has 0 atom stereocenters. The van der Waals surface area contributed by atoms with Crippen molar-refractivity contribution >= 4 is 17.5 Å². The van der Waals surface area contributed by atoms with E-state index in [-0.39, 0.29) is 0 Å². The van der Waals surface area contributed by atoms with Crippen LogP contribution in [0.4, 0.5) is 11.9 Å². The number of benzene rings is 1. The lowest BCUT2D eigenvalue weighted by atomic mass is 9.86. The van der Waals surface area contributed by atoms with E-state index in [9.17, 15) is 0 Å². The molecule has 0 aliphatic carbocycles. The summed E-state index contributed by atoms with van der Waals surface area (Å²) in [6.45, 7) is 7.95. The maximum absolute atomic E-state index is 5.01. The van der Waals surface area contributed by atoms with E-state index in [1.807, 2.05) is 36.0 Å². The molecule has 0 bridgehead atoms. The molecule has 0 radical (unpaired) electrons. The van der Waals surface area contributed by atoms with Crippen LogP contribution in [-0.4, -0.2) is 65.0 Å². The van der Waals surface area contributed by atoms with Gasteiger partial charge in [0, 0.05) is 43.3 Å². The molecule has 11 heteroatoms. The Bertz CT molecular complexity index is 1360. The SMILES string of the molecule is CC(C)c1cnn2c(NCc3ccccc3-c3nnnn3C)nc(N3CCC4(CCCN4)CC3)nc12. The van der Waals surface area contributed by atoms with Gasteiger partial charge in [0.05, 0.1) is 6.20 Å². The minimum Gasteiger partial charge on any atom is -0.350 e. The average molecular weight is 488 g/mol. The topological polar surface area (TPSA) is 114 Å². The zero-order valence-corrected chi connectivity index (χ0v) is 21.1. The van der Waals surface area contributed by atoms with E-state index in [1.54, 1.807) is 4.68 Å². The molecule has 3 aromatic heterocycles. The highest BCUT2D eigenvalue weighted by Gasteiger charge is 2.37. The normalized spacial score (nSPS) is 17.5. The quantitative estimate of drug-likeness (QED) is 0.424. The van der Waals surface area contributed by atoms with E-state index >= 15 is 0 Å². The highest BCUT2D eigenvalue weighted by atomic mass is 15.5. The number of rotatable bonds is 6. The zero-order chi connectivity index (χ0) is 24.7. The molecular formula is C25H33N11. The van der Waals surface area contributed by atoms with E-state index in [1.165, 1.54) is 12.8 Å². The third-order valence-corrected chi connectivity index (χ3v) is 7.66. The first-order valence-corrected chi connectivity index (χ1v) is 12.8. The number of nitrogens with zero attached hydrogens (tertiary/aromatic N) is 9. The molecule has 2 N–H and O–H groups in total. The number of nitrogens with one attached hydrogen (secondary N) is 2. The van der Waals surface area contributed by atoms with Gasteiger partial charge < -0.3 is 15.5 Å². The molecule has 2 saturated heterocycles. The highest BCUT2D eigenvalue weighted by molar-refractivity contribution is 5.61. The molecule has 0 amide bonds. The van der Waals surface area contributed by atoms with Crippen LogP contribution in [0.3, 0.4) is 0 Å². The zero-order valence-electron chi connectivity index (χ0n) is 21.1. The molecule has 0 unspecified atom stereocenters. The number of tetrazole rings is 1. The van der Waals surface area contributed by atoms with Gasteiger partial charge in [-0.1, -0.05) is 38.1 Å². The van der Waals surface area contributed by atoms with Crippen LogP contribution >= 0.6 is 0 Å². The predicted molar refractivity (Wildman–Crippen MR) is 138 cm³/mol. The second-order valence-electron chi connectivity index (χ2n) is 10.3. The fourth-order valence-electron chi connectivity index (χ4n) is 5.50. The van der Waals surface area contributed by atoms with Gasteiger partial charge in [-0.2, -0.15) is 19.6 Å². The number of fused-ring (bicyclic) bond motifs is 1. The van der Waals surface area contributed by atoms with Crippen molar-refractivity contribution in [1.82, 2.24) is 45.1 Å². The Morgan fingerprint density at radius 2 is 1.94 bits per heavy atom. The number of aryl methyl sites for hydroxylation is 1. The number of aromatic nitrogens is 8. The summed E-state index contributed by atoms with van der Waals surface area (Å²) in [6, 6.07) is 8.14. The molecule has 2 aliphatic heterocycles. The summed E-state index contributed by atoms with van der Waals surface area (Å²) in [5.41, 5.74) is 4.35. The first-order valence-electron chi connectivity index (χ1n) is 12.8. The molecule has 0 saturated carbocycles. The second kappa shape index (κ2) is 9.12. The lowest BCUT2D eigenvalue weighted by molar-refractivity contribution is 0.295. The van der Waals surface area contributed by atoms with Crippen molar-refractivity contribution in [2.75, 3.05) is 29.9 Å². The molecule has 36 heavy (non-hydrogen) atoms. The fraction of sp³-hybridized carbons (Fsp3) is 0.520. The van der Waals surface area contributed by atoms with Crippen molar-refractivity contribution in [2.45, 2.75) is 57.5 Å². The molecule has 188 valence electrons. The third kappa shape index (κ3) is 4.06. The number of anilines is 2. The Morgan fingerprint density at radius 1 is 1.11 bits per heavy atom. The molecule has 6 rings (SSSR count). The monoisotopic (exact) mass is 487 g/mol. The summed E-state index contributed by atoms with van der Waals surface area (Å²) in [5.74, 6) is 2.50. The van der Waals surface area contributed by atoms with Gasteiger partial charge in [-0.25, -0.2) is 4.68 Å². The lowest BCUT2D eigenvalue weighted by Crippen LogP contribution is -2.50. The Hall–Kier alpha value is -3.60. The van der Waals surface area contributed by atoms with E-state index < -0.39 is 0 Å². The largest absolute Gasteiger partial charge is 0.350 e. The van der Waals surface area contributed by atoms with Crippen LogP contribution in [0.2, 0.25) is 0 Å². The average Bonchev–Trinajstić information content (AvgIpc) is 3.63. The highest BCUT2D eigenvalue weighted by Crippen LogP contribution is 2.33. The van der Waals surface area contributed by atoms with Gasteiger partial charge in [-0.3, -0.25) is 0 Å². The first kappa shape index (κ1) is 22.8. The number of piperidine rings is 1. The summed E-state index contributed by atoms with van der Waals surface area (Å²) in [4.78, 5) is 12.3. The van der Waals surface area contributed by atoms with Crippen LogP contribution in [-0.2, 0) is 13.6 Å². The molecule has 1 aromatic carbocycles. The van der Waals surface area contributed by atoms with Crippen molar-refractivity contribution in [3.05, 3.63) is 41.6 Å². The summed E-state index contributed by atoms with van der Waals surface area (Å²) >= 11 is 0. The smallest absolute Gasteiger partial charge is 0.230 e. The van der Waals surface area contributed by atoms with E-state index in [0.29, 0.717) is 23.9 Å². The molecular weight excluding hydrogens is 454 g/mol. The Morgan fingerprint density at radius 3 is 2.67 bits per heavy atom. The minimum absolute atomic E-state index is 0.305. The van der Waals surface area contributed by atoms with Crippen LogP contribution in [0.25, 0.3) is 17.0 Å². The van der Waals surface area contributed by atoms with Gasteiger partial charge >= 0.3 is 0 Å². The summed E-state index contributed by atoms with van der Waals surface area (Å²) in [6.07, 6.45) is 6.71. The van der Waals surface area contributed by atoms with Gasteiger partial charge in [0.1, 0.15) is 0 Å². The van der Waals surface area contributed by atoms with Crippen molar-refractivity contribution in [2.24, 2.45) is 7.05 Å². The molecule has 2 aliphatic rings. The van der Waals surface area contributed by atoms with Gasteiger partial charge in [0.15, 0.2) is 11.5 Å². The Kier molecular flexibility index (Phi) is 5.79. The summed E-state index contributed by atoms with van der Waals surface area (Å²) in [7, 11) is 1.85. The molecule has 1 spiro atoms. The number of hydrogen-bond donors (Lipinski definition) is 2. The fourth-order valence-corrected chi connectivity index (χ4v) is 5.50. The maximum atomic E-state index is 5.01.